The molecule has 2 N–H and O–H groups in total. The van der Waals surface area contributed by atoms with Crippen LogP contribution in [0.2, 0.25) is 5.02 Å². The minimum absolute atomic E-state index is 0.00495. The highest BCUT2D eigenvalue weighted by Crippen LogP contribution is 2.49. The van der Waals surface area contributed by atoms with Crippen molar-refractivity contribution in [2.45, 2.75) is 96.0 Å². The van der Waals surface area contributed by atoms with Crippen molar-refractivity contribution in [2.75, 3.05) is 26.2 Å². The van der Waals surface area contributed by atoms with E-state index < -0.39 is 53.7 Å². The molecular weight excluding hydrogens is 604 g/mol. The van der Waals surface area contributed by atoms with Crippen molar-refractivity contribution in [3.8, 4) is 5.75 Å². The van der Waals surface area contributed by atoms with Crippen LogP contribution in [-0.4, -0.2) is 80.1 Å². The zero-order valence-electron chi connectivity index (χ0n) is 27.2. The van der Waals surface area contributed by atoms with E-state index >= 15 is 0 Å². The van der Waals surface area contributed by atoms with E-state index in [9.17, 15) is 19.5 Å². The van der Waals surface area contributed by atoms with Gasteiger partial charge in [-0.2, -0.15) is 0 Å². The Morgan fingerprint density at radius 1 is 1.27 bits per heavy atom. The van der Waals surface area contributed by atoms with Crippen LogP contribution < -0.4 is 15.0 Å². The number of hydrogen-bond donors (Lipinski definition) is 2. The first-order valence-corrected chi connectivity index (χ1v) is 15.6. The molecule has 248 valence electrons. The van der Waals surface area contributed by atoms with Gasteiger partial charge in [-0.3, -0.25) is 14.9 Å². The quantitative estimate of drug-likeness (QED) is 0.344. The number of esters is 1. The summed E-state index contributed by atoms with van der Waals surface area (Å²) in [5.74, 6) is -0.779. The standard InChI is InChI=1S/C33H45ClN2O9/c1-18(2)12-28(38)44-26-16-27(37)36(6)22-14-21(15-23(41-7)29(22)34)13-19(3)10-9-11-25(42-8)33(40)17-24(43-31(39)35-33)20(4)30-32(26,5)45-30/h9-11,14-15,18,20,24-26,30,40H,12-13,16-17H2,1-8H3,(H,35,39)/b11-9+,19-10+. The summed E-state index contributed by atoms with van der Waals surface area (Å²) in [6, 6.07) is 3.64. The number of rotatable bonds is 5. The van der Waals surface area contributed by atoms with E-state index in [0.29, 0.717) is 17.9 Å². The molecule has 3 aliphatic heterocycles. The summed E-state index contributed by atoms with van der Waals surface area (Å²) < 4.78 is 28.9. The van der Waals surface area contributed by atoms with Gasteiger partial charge in [0.2, 0.25) is 5.91 Å². The summed E-state index contributed by atoms with van der Waals surface area (Å²) in [6.07, 6.45) is 1.84. The predicted octanol–water partition coefficient (Wildman–Crippen LogP) is 4.71. The molecule has 2 amide bonds. The predicted molar refractivity (Wildman–Crippen MR) is 168 cm³/mol. The highest BCUT2D eigenvalue weighted by Gasteiger charge is 2.64. The van der Waals surface area contributed by atoms with Crippen LogP contribution in [0.15, 0.2) is 35.9 Å². The topological polar surface area (TPSA) is 136 Å². The molecule has 1 aromatic rings. The van der Waals surface area contributed by atoms with Crippen molar-refractivity contribution in [2.24, 2.45) is 11.8 Å². The number of aliphatic hydroxyl groups is 1. The number of anilines is 1. The van der Waals surface area contributed by atoms with Gasteiger partial charge in [-0.1, -0.05) is 56.2 Å². The number of amides is 2. The normalized spacial score (nSPS) is 34.2. The van der Waals surface area contributed by atoms with Gasteiger partial charge in [0.15, 0.2) is 5.72 Å². The zero-order chi connectivity index (χ0) is 33.3. The van der Waals surface area contributed by atoms with Crippen molar-refractivity contribution < 1.29 is 43.2 Å². The highest BCUT2D eigenvalue weighted by molar-refractivity contribution is 6.35. The number of fused-ring (bicyclic) bond motifs is 5. The number of hydrogen-bond acceptors (Lipinski definition) is 9. The van der Waals surface area contributed by atoms with Gasteiger partial charge >= 0.3 is 12.1 Å². The van der Waals surface area contributed by atoms with Crippen LogP contribution in [0.4, 0.5) is 10.5 Å². The minimum Gasteiger partial charge on any atom is -0.495 e. The Balaban J connectivity index is 1.79. The van der Waals surface area contributed by atoms with Gasteiger partial charge in [0.1, 0.15) is 34.7 Å². The summed E-state index contributed by atoms with van der Waals surface area (Å²) >= 11 is 6.70. The Morgan fingerprint density at radius 2 is 1.98 bits per heavy atom. The molecular formula is C33H45ClN2O9. The third kappa shape index (κ3) is 7.65. The SMILES string of the molecule is COc1cc2cc(c1Cl)N(C)C(=O)CC(OC(=O)CC(C)C)C1(C)OC1C(C)C1CC(O)(NC(=O)O1)C(OC)/C=C/C=C(\C)C2. The third-order valence-electron chi connectivity index (χ3n) is 8.80. The van der Waals surface area contributed by atoms with Gasteiger partial charge in [0, 0.05) is 32.9 Å². The molecule has 0 aliphatic carbocycles. The first-order valence-electron chi connectivity index (χ1n) is 15.2. The Kier molecular flexibility index (Phi) is 10.6. The summed E-state index contributed by atoms with van der Waals surface area (Å²) in [5.41, 5.74) is -0.578. The molecule has 45 heavy (non-hydrogen) atoms. The van der Waals surface area contributed by atoms with Crippen LogP contribution in [0.1, 0.15) is 59.4 Å². The van der Waals surface area contributed by atoms with Crippen molar-refractivity contribution >= 4 is 35.3 Å². The molecule has 0 aromatic heterocycles. The first kappa shape index (κ1) is 34.7. The number of methoxy groups -OCH3 is 2. The van der Waals surface area contributed by atoms with Crippen molar-refractivity contribution in [3.05, 3.63) is 46.5 Å². The van der Waals surface area contributed by atoms with E-state index in [1.54, 1.807) is 26.1 Å². The molecule has 11 nitrogen and oxygen atoms in total. The lowest BCUT2D eigenvalue weighted by molar-refractivity contribution is -0.154. The fourth-order valence-corrected chi connectivity index (χ4v) is 6.46. The molecule has 12 heteroatoms. The monoisotopic (exact) mass is 648 g/mol. The second-order valence-electron chi connectivity index (χ2n) is 12.9. The van der Waals surface area contributed by atoms with Gasteiger partial charge < -0.3 is 33.7 Å². The summed E-state index contributed by atoms with van der Waals surface area (Å²) in [4.78, 5) is 40.9. The van der Waals surface area contributed by atoms with Crippen LogP contribution in [0, 0.1) is 11.8 Å². The van der Waals surface area contributed by atoms with Gasteiger partial charge in [-0.25, -0.2) is 4.79 Å². The lowest BCUT2D eigenvalue weighted by Crippen LogP contribution is -2.63. The molecule has 4 rings (SSSR count). The van der Waals surface area contributed by atoms with Crippen molar-refractivity contribution in [3.63, 3.8) is 0 Å². The van der Waals surface area contributed by atoms with E-state index in [4.69, 9.17) is 35.3 Å². The van der Waals surface area contributed by atoms with Crippen LogP contribution in [0.3, 0.4) is 0 Å². The Bertz CT molecular complexity index is 1360. The lowest BCUT2D eigenvalue weighted by Gasteiger charge is -2.42. The van der Waals surface area contributed by atoms with Crippen molar-refractivity contribution in [1.29, 1.82) is 0 Å². The number of epoxide rings is 1. The molecule has 7 atom stereocenters. The summed E-state index contributed by atoms with van der Waals surface area (Å²) in [7, 11) is 4.57. The summed E-state index contributed by atoms with van der Waals surface area (Å²) in [6.45, 7) is 9.36. The van der Waals surface area contributed by atoms with E-state index in [0.717, 1.165) is 11.1 Å². The lowest BCUT2D eigenvalue weighted by atomic mass is 9.83. The maximum Gasteiger partial charge on any atom is 0.409 e. The Hall–Kier alpha value is -3.12. The number of ether oxygens (including phenoxy) is 5. The van der Waals surface area contributed by atoms with Crippen LogP contribution in [-0.2, 0) is 35.0 Å². The zero-order valence-corrected chi connectivity index (χ0v) is 28.0. The number of nitrogens with zero attached hydrogens (tertiary/aromatic N) is 1. The number of benzene rings is 1. The Labute approximate surface area is 269 Å². The fraction of sp³-hybridized carbons (Fsp3) is 0.606. The molecule has 0 saturated carbocycles. The minimum atomic E-state index is -1.77. The van der Waals surface area contributed by atoms with Crippen LogP contribution in [0.5, 0.6) is 5.75 Å². The Morgan fingerprint density at radius 3 is 2.62 bits per heavy atom. The fourth-order valence-electron chi connectivity index (χ4n) is 6.15. The molecule has 1 aromatic carbocycles. The second kappa shape index (κ2) is 13.7. The highest BCUT2D eigenvalue weighted by atomic mass is 35.5. The molecule has 3 heterocycles. The number of carbonyl (C=O) groups excluding carboxylic acids is 3. The number of alkyl carbamates (subject to hydrolysis) is 1. The van der Waals surface area contributed by atoms with E-state index in [-0.39, 0.29) is 36.1 Å². The second-order valence-corrected chi connectivity index (χ2v) is 13.3. The van der Waals surface area contributed by atoms with E-state index in [1.807, 2.05) is 45.9 Å². The molecule has 0 radical (unpaired) electrons. The summed E-state index contributed by atoms with van der Waals surface area (Å²) in [5, 5.41) is 14.4. The first-order chi connectivity index (χ1) is 21.1. The van der Waals surface area contributed by atoms with Gasteiger partial charge in [0.25, 0.3) is 0 Å². The molecule has 7 unspecified atom stereocenters. The van der Waals surface area contributed by atoms with E-state index in [2.05, 4.69) is 5.32 Å². The average Bonchev–Trinajstić information content (AvgIpc) is 3.65. The molecule has 2 saturated heterocycles. The van der Waals surface area contributed by atoms with Crippen LogP contribution in [0.25, 0.3) is 0 Å². The largest absolute Gasteiger partial charge is 0.495 e. The number of carbonyl (C=O) groups is 3. The molecule has 4 bridgehead atoms. The van der Waals surface area contributed by atoms with Crippen LogP contribution >= 0.6 is 11.6 Å². The molecule has 2 fully saturated rings. The van der Waals surface area contributed by atoms with E-state index in [1.165, 1.54) is 19.1 Å². The van der Waals surface area contributed by atoms with Gasteiger partial charge in [0.05, 0.1) is 25.3 Å². The maximum atomic E-state index is 13.8. The maximum absolute atomic E-state index is 13.8. The van der Waals surface area contributed by atoms with Gasteiger partial charge in [-0.15, -0.1) is 0 Å². The number of halogens is 1. The van der Waals surface area contributed by atoms with Gasteiger partial charge in [-0.05, 0) is 43.9 Å². The third-order valence-corrected chi connectivity index (χ3v) is 9.18. The average molecular weight is 649 g/mol. The van der Waals surface area contributed by atoms with Crippen molar-refractivity contribution in [1.82, 2.24) is 5.32 Å². The molecule has 3 aliphatic rings. The number of nitrogens with one attached hydrogen (secondary N) is 1. The number of allylic oxidation sites excluding steroid dienone is 3. The molecule has 0 spiro atoms. The smallest absolute Gasteiger partial charge is 0.409 e.